The summed E-state index contributed by atoms with van der Waals surface area (Å²) in [6.07, 6.45) is 60.4. The van der Waals surface area contributed by atoms with E-state index in [-0.39, 0.29) is 32.3 Å². The minimum Gasteiger partial charge on any atom is -0.457 e. The van der Waals surface area contributed by atoms with Crippen LogP contribution in [0.5, 0.6) is 0 Å². The molecule has 0 aromatic heterocycles. The molecule has 0 fully saturated rings. The van der Waals surface area contributed by atoms with Crippen LogP contribution in [0.25, 0.3) is 0 Å². The van der Waals surface area contributed by atoms with Gasteiger partial charge >= 0.3 is 13.8 Å². The Morgan fingerprint density at radius 2 is 0.855 bits per heavy atom. The van der Waals surface area contributed by atoms with Crippen molar-refractivity contribution in [3.63, 3.8) is 0 Å². The van der Waals surface area contributed by atoms with Crippen molar-refractivity contribution in [3.05, 3.63) is 36.5 Å². The fourth-order valence-electron chi connectivity index (χ4n) is 7.61. The molecular weight excluding hydrogens is 794 g/mol. The summed E-state index contributed by atoms with van der Waals surface area (Å²) in [5.74, 6) is -0.329. The number of unbranched alkanes of at least 4 members (excludes halogenated alkanes) is 32. The van der Waals surface area contributed by atoms with Gasteiger partial charge in [0.1, 0.15) is 6.10 Å². The standard InChI is InChI=1S/C53H102NO7P/c1-3-5-7-9-11-13-15-17-19-21-23-24-25-26-27-28-29-30-32-34-36-38-40-42-44-46-53(55)61-52(51-60-62(56,57)59-49-47-54)50-58-48-45-43-41-39-37-35-33-31-22-20-18-16-14-12-10-8-6-4-2/h12,14,18,20-21,23,52H,3-11,13,15-17,19,22,24-51,54H2,1-2H3,(H,56,57)/b14-12-,20-18-,23-21-. The first kappa shape index (κ1) is 60.7. The molecule has 0 aliphatic rings. The topological polar surface area (TPSA) is 117 Å². The highest BCUT2D eigenvalue weighted by molar-refractivity contribution is 7.47. The average molecular weight is 896 g/mol. The van der Waals surface area contributed by atoms with E-state index in [0.29, 0.717) is 13.0 Å². The van der Waals surface area contributed by atoms with E-state index >= 15 is 0 Å². The predicted octanol–water partition coefficient (Wildman–Crippen LogP) is 16.5. The lowest BCUT2D eigenvalue weighted by Crippen LogP contribution is -2.28. The SMILES string of the molecule is CCCCC/C=C\C/C=C\CCCCCCCCCCOCC(COP(=O)(O)OCCN)OC(=O)CCCCCCCCCCCCCCC/C=C\CCCCCCCCCC. The lowest BCUT2D eigenvalue weighted by molar-refractivity contribution is -0.154. The van der Waals surface area contributed by atoms with Gasteiger partial charge in [-0.25, -0.2) is 4.57 Å². The summed E-state index contributed by atoms with van der Waals surface area (Å²) in [5.41, 5.74) is 5.39. The Morgan fingerprint density at radius 1 is 0.484 bits per heavy atom. The number of phosphoric acid groups is 1. The number of rotatable bonds is 51. The molecule has 62 heavy (non-hydrogen) atoms. The smallest absolute Gasteiger partial charge is 0.457 e. The minimum atomic E-state index is -4.28. The number of nitrogens with two attached hydrogens (primary N) is 1. The van der Waals surface area contributed by atoms with E-state index in [2.05, 4.69) is 50.3 Å². The van der Waals surface area contributed by atoms with Crippen LogP contribution in [0.1, 0.15) is 258 Å². The molecule has 0 bridgehead atoms. The van der Waals surface area contributed by atoms with Crippen LogP contribution in [0.15, 0.2) is 36.5 Å². The summed E-state index contributed by atoms with van der Waals surface area (Å²) in [6.45, 7) is 4.93. The van der Waals surface area contributed by atoms with Crippen LogP contribution in [0.3, 0.4) is 0 Å². The first-order valence-corrected chi connectivity index (χ1v) is 28.0. The zero-order valence-electron chi connectivity index (χ0n) is 40.9. The molecule has 8 nitrogen and oxygen atoms in total. The van der Waals surface area contributed by atoms with Gasteiger partial charge < -0.3 is 20.1 Å². The second-order valence-electron chi connectivity index (χ2n) is 17.7. The van der Waals surface area contributed by atoms with Crippen molar-refractivity contribution in [2.45, 2.75) is 264 Å². The van der Waals surface area contributed by atoms with Crippen molar-refractivity contribution in [1.82, 2.24) is 0 Å². The zero-order valence-corrected chi connectivity index (χ0v) is 41.8. The molecular formula is C53H102NO7P. The van der Waals surface area contributed by atoms with Crippen LogP contribution in [0.4, 0.5) is 0 Å². The maximum Gasteiger partial charge on any atom is 0.472 e. The van der Waals surface area contributed by atoms with Crippen molar-refractivity contribution in [2.75, 3.05) is 33.0 Å². The van der Waals surface area contributed by atoms with E-state index in [4.69, 9.17) is 24.3 Å². The quantitative estimate of drug-likeness (QED) is 0.0268. The molecule has 9 heteroatoms. The van der Waals surface area contributed by atoms with E-state index in [9.17, 15) is 14.3 Å². The third-order valence-corrected chi connectivity index (χ3v) is 12.5. The van der Waals surface area contributed by atoms with E-state index in [0.717, 1.165) is 38.5 Å². The highest BCUT2D eigenvalue weighted by Gasteiger charge is 2.25. The molecule has 0 radical (unpaired) electrons. The van der Waals surface area contributed by atoms with Gasteiger partial charge in [0.25, 0.3) is 0 Å². The summed E-state index contributed by atoms with van der Waals surface area (Å²) in [4.78, 5) is 22.6. The molecule has 366 valence electrons. The fraction of sp³-hybridized carbons (Fsp3) is 0.868. The Bertz CT molecular complexity index is 1050. The summed E-state index contributed by atoms with van der Waals surface area (Å²) in [6, 6.07) is 0. The van der Waals surface area contributed by atoms with Crippen LogP contribution in [0.2, 0.25) is 0 Å². The van der Waals surface area contributed by atoms with Gasteiger partial charge in [0, 0.05) is 19.6 Å². The Morgan fingerprint density at radius 3 is 1.31 bits per heavy atom. The molecule has 0 aliphatic carbocycles. The largest absolute Gasteiger partial charge is 0.472 e. The molecule has 0 saturated carbocycles. The van der Waals surface area contributed by atoms with Crippen LogP contribution < -0.4 is 5.73 Å². The number of allylic oxidation sites excluding steroid dienone is 6. The van der Waals surface area contributed by atoms with Crippen LogP contribution in [0, 0.1) is 0 Å². The molecule has 0 rings (SSSR count). The number of ether oxygens (including phenoxy) is 2. The van der Waals surface area contributed by atoms with E-state index in [1.807, 2.05) is 0 Å². The lowest BCUT2D eigenvalue weighted by Gasteiger charge is -2.20. The van der Waals surface area contributed by atoms with Gasteiger partial charge in [-0.2, -0.15) is 0 Å². The van der Waals surface area contributed by atoms with E-state index in [1.165, 1.54) is 199 Å². The number of esters is 1. The van der Waals surface area contributed by atoms with Gasteiger partial charge in [-0.15, -0.1) is 0 Å². The van der Waals surface area contributed by atoms with Gasteiger partial charge in [0.05, 0.1) is 19.8 Å². The van der Waals surface area contributed by atoms with Crippen molar-refractivity contribution >= 4 is 13.8 Å². The third-order valence-electron chi connectivity index (χ3n) is 11.5. The summed E-state index contributed by atoms with van der Waals surface area (Å²) in [7, 11) is -4.28. The lowest BCUT2D eigenvalue weighted by atomic mass is 10.0. The van der Waals surface area contributed by atoms with Crippen molar-refractivity contribution in [3.8, 4) is 0 Å². The Balaban J connectivity index is 3.90. The first-order valence-electron chi connectivity index (χ1n) is 26.5. The molecule has 0 aliphatic heterocycles. The van der Waals surface area contributed by atoms with Gasteiger partial charge in [-0.1, -0.05) is 217 Å². The maximum absolute atomic E-state index is 12.7. The van der Waals surface area contributed by atoms with Crippen molar-refractivity contribution in [2.24, 2.45) is 5.73 Å². The van der Waals surface area contributed by atoms with E-state index < -0.39 is 13.9 Å². The molecule has 0 aromatic carbocycles. The maximum atomic E-state index is 12.7. The Hall–Kier alpha value is -1.28. The normalized spacial score (nSPS) is 13.5. The van der Waals surface area contributed by atoms with Crippen molar-refractivity contribution < 1.29 is 32.8 Å². The zero-order chi connectivity index (χ0) is 45.1. The summed E-state index contributed by atoms with van der Waals surface area (Å²) in [5, 5.41) is 0. The number of carbonyl (C=O) groups excluding carboxylic acids is 1. The fourth-order valence-corrected chi connectivity index (χ4v) is 8.38. The number of hydrogen-bond acceptors (Lipinski definition) is 7. The van der Waals surface area contributed by atoms with Gasteiger partial charge in [-0.05, 0) is 70.6 Å². The molecule has 0 aromatic rings. The second-order valence-corrected chi connectivity index (χ2v) is 19.2. The predicted molar refractivity (Wildman–Crippen MR) is 266 cm³/mol. The highest BCUT2D eigenvalue weighted by Crippen LogP contribution is 2.43. The molecule has 0 spiro atoms. The monoisotopic (exact) mass is 896 g/mol. The molecule has 2 unspecified atom stereocenters. The van der Waals surface area contributed by atoms with Gasteiger partial charge in [-0.3, -0.25) is 13.8 Å². The number of hydrogen-bond donors (Lipinski definition) is 2. The highest BCUT2D eigenvalue weighted by atomic mass is 31.2. The average Bonchev–Trinajstić information content (AvgIpc) is 3.26. The van der Waals surface area contributed by atoms with Crippen LogP contribution in [-0.4, -0.2) is 49.9 Å². The Kier molecular flexibility index (Phi) is 49.7. The minimum absolute atomic E-state index is 0.0959. The Labute approximate surface area is 384 Å². The van der Waals surface area contributed by atoms with Gasteiger partial charge in [0.2, 0.25) is 0 Å². The summed E-state index contributed by atoms with van der Waals surface area (Å²) >= 11 is 0. The third kappa shape index (κ3) is 49.7. The van der Waals surface area contributed by atoms with Crippen molar-refractivity contribution in [1.29, 1.82) is 0 Å². The second kappa shape index (κ2) is 50.7. The molecule has 0 amide bonds. The molecule has 0 saturated heterocycles. The summed E-state index contributed by atoms with van der Waals surface area (Å²) < 4.78 is 33.6. The van der Waals surface area contributed by atoms with E-state index in [1.54, 1.807) is 0 Å². The number of phosphoric ester groups is 1. The first-order chi connectivity index (χ1) is 30.4. The van der Waals surface area contributed by atoms with Crippen LogP contribution >= 0.6 is 7.82 Å². The molecule has 3 N–H and O–H groups in total. The molecule has 2 atom stereocenters. The molecule has 0 heterocycles. The number of carbonyl (C=O) groups is 1. The van der Waals surface area contributed by atoms with Crippen LogP contribution in [-0.2, 0) is 27.9 Å². The van der Waals surface area contributed by atoms with Gasteiger partial charge in [0.15, 0.2) is 0 Å².